The molecule has 0 spiro atoms. The molecule has 0 amide bonds. The smallest absolute Gasteiger partial charge is 0.0459 e. The van der Waals surface area contributed by atoms with E-state index < -0.39 is 0 Å². The van der Waals surface area contributed by atoms with E-state index in [-0.39, 0.29) is 0 Å². The molecule has 1 aromatic carbocycles. The molecule has 0 bridgehead atoms. The first-order valence-corrected chi connectivity index (χ1v) is 8.72. The maximum atomic E-state index is 3.77. The van der Waals surface area contributed by atoms with Crippen LogP contribution in [0.1, 0.15) is 56.2 Å². The number of fused-ring (bicyclic) bond motifs is 5. The number of H-pyrrole nitrogens is 1. The van der Waals surface area contributed by atoms with Crippen molar-refractivity contribution >= 4 is 10.9 Å². The fourth-order valence-corrected chi connectivity index (χ4v) is 4.59. The van der Waals surface area contributed by atoms with E-state index in [9.17, 15) is 0 Å². The van der Waals surface area contributed by atoms with Crippen molar-refractivity contribution in [1.82, 2.24) is 9.88 Å². The van der Waals surface area contributed by atoms with Gasteiger partial charge in [0.1, 0.15) is 0 Å². The Hall–Kier alpha value is -1.28. The molecule has 2 aromatic rings. The van der Waals surface area contributed by atoms with Crippen molar-refractivity contribution in [1.29, 1.82) is 0 Å². The summed E-state index contributed by atoms with van der Waals surface area (Å²) in [6.07, 6.45) is 7.99. The third kappa shape index (κ3) is 2.20. The van der Waals surface area contributed by atoms with Crippen LogP contribution in [0.4, 0.5) is 0 Å². The lowest BCUT2D eigenvalue weighted by Crippen LogP contribution is -2.46. The Labute approximate surface area is 127 Å². The number of nitrogens with zero attached hydrogens (tertiary/aromatic N) is 1. The standard InChI is InChI=1S/C19H26N2/c1-2-3-12-21-13-6-8-16-18(21)11-10-15-14-7-4-5-9-17(14)20-19(15)16/h4-5,7,9,16,18,20H,2-3,6,8,10-13H2,1H3. The number of nitrogens with one attached hydrogen (secondary N) is 1. The third-order valence-corrected chi connectivity index (χ3v) is 5.60. The summed E-state index contributed by atoms with van der Waals surface area (Å²) in [5, 5.41) is 1.47. The van der Waals surface area contributed by atoms with Gasteiger partial charge in [0, 0.05) is 28.6 Å². The summed E-state index contributed by atoms with van der Waals surface area (Å²) in [4.78, 5) is 6.55. The average molecular weight is 282 g/mol. The number of aromatic amines is 1. The van der Waals surface area contributed by atoms with Gasteiger partial charge in [-0.25, -0.2) is 0 Å². The molecule has 1 saturated heterocycles. The molecule has 0 saturated carbocycles. The van der Waals surface area contributed by atoms with Gasteiger partial charge in [-0.15, -0.1) is 0 Å². The van der Waals surface area contributed by atoms with Gasteiger partial charge in [0.05, 0.1) is 0 Å². The van der Waals surface area contributed by atoms with E-state index in [4.69, 9.17) is 0 Å². The molecule has 2 nitrogen and oxygen atoms in total. The minimum Gasteiger partial charge on any atom is -0.358 e. The molecule has 1 N–H and O–H groups in total. The van der Waals surface area contributed by atoms with E-state index in [0.717, 1.165) is 12.0 Å². The topological polar surface area (TPSA) is 19.0 Å². The molecule has 4 rings (SSSR count). The number of likely N-dealkylation sites (tertiary alicyclic amines) is 1. The van der Waals surface area contributed by atoms with Gasteiger partial charge in [0.2, 0.25) is 0 Å². The molecule has 2 heterocycles. The highest BCUT2D eigenvalue weighted by Gasteiger charge is 2.37. The van der Waals surface area contributed by atoms with Crippen LogP contribution in [0.5, 0.6) is 0 Å². The monoisotopic (exact) mass is 282 g/mol. The second-order valence-electron chi connectivity index (χ2n) is 6.81. The molecule has 1 aliphatic carbocycles. The highest BCUT2D eigenvalue weighted by Crippen LogP contribution is 2.42. The minimum atomic E-state index is 0.742. The summed E-state index contributed by atoms with van der Waals surface area (Å²) in [5.41, 5.74) is 4.52. The van der Waals surface area contributed by atoms with Crippen molar-refractivity contribution in [3.05, 3.63) is 35.5 Å². The number of para-hydroxylation sites is 1. The summed E-state index contributed by atoms with van der Waals surface area (Å²) >= 11 is 0. The molecule has 2 heteroatoms. The van der Waals surface area contributed by atoms with Gasteiger partial charge in [-0.1, -0.05) is 31.5 Å². The van der Waals surface area contributed by atoms with E-state index in [0.29, 0.717) is 0 Å². The van der Waals surface area contributed by atoms with Crippen LogP contribution in [0.2, 0.25) is 0 Å². The lowest BCUT2D eigenvalue weighted by Gasteiger charge is -2.44. The van der Waals surface area contributed by atoms with Gasteiger partial charge in [0.15, 0.2) is 0 Å². The van der Waals surface area contributed by atoms with Crippen molar-refractivity contribution in [2.75, 3.05) is 13.1 Å². The molecule has 112 valence electrons. The van der Waals surface area contributed by atoms with Crippen molar-refractivity contribution in [3.8, 4) is 0 Å². The molecule has 2 unspecified atom stereocenters. The van der Waals surface area contributed by atoms with Gasteiger partial charge < -0.3 is 4.98 Å². The first kappa shape index (κ1) is 13.4. The van der Waals surface area contributed by atoms with E-state index >= 15 is 0 Å². The van der Waals surface area contributed by atoms with E-state index in [1.807, 2.05) is 0 Å². The van der Waals surface area contributed by atoms with Crippen LogP contribution in [-0.4, -0.2) is 29.0 Å². The lowest BCUT2D eigenvalue weighted by atomic mass is 9.77. The minimum absolute atomic E-state index is 0.742. The van der Waals surface area contributed by atoms with Gasteiger partial charge in [-0.05, 0) is 56.8 Å². The summed E-state index contributed by atoms with van der Waals surface area (Å²) in [7, 11) is 0. The second-order valence-corrected chi connectivity index (χ2v) is 6.81. The van der Waals surface area contributed by atoms with Crippen molar-refractivity contribution < 1.29 is 0 Å². The molecule has 2 aliphatic rings. The van der Waals surface area contributed by atoms with E-state index in [1.54, 1.807) is 11.3 Å². The Balaban J connectivity index is 1.68. The maximum Gasteiger partial charge on any atom is 0.0459 e. The Bertz CT molecular complexity index is 628. The zero-order valence-electron chi connectivity index (χ0n) is 13.1. The molecule has 2 atom stereocenters. The number of piperidine rings is 1. The van der Waals surface area contributed by atoms with E-state index in [1.165, 1.54) is 62.5 Å². The SMILES string of the molecule is CCCCN1CCCC2c3[nH]c4ccccc4c3CCC21. The normalized spacial score (nSPS) is 25.8. The number of hydrogen-bond donors (Lipinski definition) is 1. The number of rotatable bonds is 3. The lowest BCUT2D eigenvalue weighted by molar-refractivity contribution is 0.110. The first-order valence-electron chi connectivity index (χ1n) is 8.72. The number of benzene rings is 1. The number of aryl methyl sites for hydroxylation is 1. The molecule has 1 aromatic heterocycles. The predicted molar refractivity (Wildman–Crippen MR) is 88.9 cm³/mol. The van der Waals surface area contributed by atoms with Crippen LogP contribution >= 0.6 is 0 Å². The third-order valence-electron chi connectivity index (χ3n) is 5.60. The fourth-order valence-electron chi connectivity index (χ4n) is 4.59. The quantitative estimate of drug-likeness (QED) is 0.880. The number of unbranched alkanes of at least 4 members (excludes halogenated alkanes) is 1. The van der Waals surface area contributed by atoms with Crippen LogP contribution in [0.15, 0.2) is 24.3 Å². The Kier molecular flexibility index (Phi) is 3.50. The molecule has 1 aliphatic heterocycles. The Morgan fingerprint density at radius 1 is 1.24 bits per heavy atom. The summed E-state index contributed by atoms with van der Waals surface area (Å²) in [5.74, 6) is 0.742. The zero-order valence-corrected chi connectivity index (χ0v) is 13.1. The summed E-state index contributed by atoms with van der Waals surface area (Å²) in [6, 6.07) is 9.64. The van der Waals surface area contributed by atoms with Crippen LogP contribution in [0, 0.1) is 0 Å². The van der Waals surface area contributed by atoms with Crippen LogP contribution in [-0.2, 0) is 6.42 Å². The largest absolute Gasteiger partial charge is 0.358 e. The number of hydrogen-bond acceptors (Lipinski definition) is 1. The van der Waals surface area contributed by atoms with Crippen LogP contribution in [0.3, 0.4) is 0 Å². The highest BCUT2D eigenvalue weighted by atomic mass is 15.2. The maximum absolute atomic E-state index is 3.77. The summed E-state index contributed by atoms with van der Waals surface area (Å²) in [6.45, 7) is 4.92. The van der Waals surface area contributed by atoms with E-state index in [2.05, 4.69) is 41.1 Å². The molecule has 0 radical (unpaired) electrons. The van der Waals surface area contributed by atoms with Crippen molar-refractivity contribution in [2.24, 2.45) is 0 Å². The van der Waals surface area contributed by atoms with Crippen molar-refractivity contribution in [3.63, 3.8) is 0 Å². The Morgan fingerprint density at radius 3 is 3.05 bits per heavy atom. The van der Waals surface area contributed by atoms with Gasteiger partial charge in [-0.2, -0.15) is 0 Å². The average Bonchev–Trinajstić information content (AvgIpc) is 2.92. The van der Waals surface area contributed by atoms with Crippen molar-refractivity contribution in [2.45, 2.75) is 57.4 Å². The zero-order chi connectivity index (χ0) is 14.2. The van der Waals surface area contributed by atoms with Gasteiger partial charge in [-0.3, -0.25) is 4.90 Å². The van der Waals surface area contributed by atoms with Gasteiger partial charge >= 0.3 is 0 Å². The predicted octanol–water partition coefficient (Wildman–Crippen LogP) is 4.46. The molecular weight excluding hydrogens is 256 g/mol. The molecule has 21 heavy (non-hydrogen) atoms. The van der Waals surface area contributed by atoms with Crippen LogP contribution in [0.25, 0.3) is 10.9 Å². The first-order chi connectivity index (χ1) is 10.4. The van der Waals surface area contributed by atoms with Gasteiger partial charge in [0.25, 0.3) is 0 Å². The number of aromatic nitrogens is 1. The second kappa shape index (κ2) is 5.49. The van der Waals surface area contributed by atoms with Crippen LogP contribution < -0.4 is 0 Å². The molecular formula is C19H26N2. The summed E-state index contributed by atoms with van der Waals surface area (Å²) < 4.78 is 0. The highest BCUT2D eigenvalue weighted by molar-refractivity contribution is 5.85. The molecule has 1 fully saturated rings. The Morgan fingerprint density at radius 2 is 2.14 bits per heavy atom. The fraction of sp³-hybridized carbons (Fsp3) is 0.579.